The summed E-state index contributed by atoms with van der Waals surface area (Å²) in [5, 5.41) is 0. The van der Waals surface area contributed by atoms with Crippen LogP contribution in [0.5, 0.6) is 5.75 Å². The van der Waals surface area contributed by atoms with Gasteiger partial charge in [-0.25, -0.2) is 4.99 Å². The summed E-state index contributed by atoms with van der Waals surface area (Å²) in [5.41, 5.74) is 3.34. The van der Waals surface area contributed by atoms with E-state index in [1.807, 2.05) is 74.5 Å². The van der Waals surface area contributed by atoms with Crippen molar-refractivity contribution in [2.75, 3.05) is 7.11 Å². The van der Waals surface area contributed by atoms with Gasteiger partial charge in [0.2, 0.25) is 0 Å². The third-order valence-corrected chi connectivity index (χ3v) is 5.04. The topological polar surface area (TPSA) is 51.8 Å². The van der Waals surface area contributed by atoms with E-state index >= 15 is 0 Å². The van der Waals surface area contributed by atoms with Crippen molar-refractivity contribution in [3.63, 3.8) is 0 Å². The molecular weight excluding hydrogens is 350 g/mol. The Labute approximate surface area is 164 Å². The molecule has 0 atom stereocenters. The maximum Gasteiger partial charge on any atom is 0.175 e. The molecule has 4 heteroatoms. The summed E-state index contributed by atoms with van der Waals surface area (Å²) in [4.78, 5) is 17.9. The predicted octanol–water partition coefficient (Wildman–Crippen LogP) is 5.47. The zero-order valence-corrected chi connectivity index (χ0v) is 16.1. The lowest BCUT2D eigenvalue weighted by Crippen LogP contribution is -2.41. The molecule has 28 heavy (non-hydrogen) atoms. The standard InChI is InChI=1S/C24H21NO3/c1-24(2)21(16-8-5-4-6-9-16)20(23(24)26)22(19-10-7-15-28-19)25-17-11-13-18(27-3)14-12-17/h4-15H,1-3H3. The van der Waals surface area contributed by atoms with Crippen LogP contribution in [0.1, 0.15) is 25.2 Å². The Bertz CT molecular complexity index is 1060. The molecule has 2 aromatic carbocycles. The summed E-state index contributed by atoms with van der Waals surface area (Å²) in [6, 6.07) is 21.0. The minimum absolute atomic E-state index is 0.0648. The van der Waals surface area contributed by atoms with E-state index in [0.717, 1.165) is 22.6 Å². The quantitative estimate of drug-likeness (QED) is 0.559. The molecule has 0 fully saturated rings. The zero-order valence-electron chi connectivity index (χ0n) is 16.1. The third kappa shape index (κ3) is 2.97. The normalized spacial score (nSPS) is 16.1. The Hall–Kier alpha value is -3.40. The molecular formula is C24H21NO3. The highest BCUT2D eigenvalue weighted by Gasteiger charge is 2.49. The van der Waals surface area contributed by atoms with Gasteiger partial charge in [0, 0.05) is 0 Å². The molecule has 0 amide bonds. The van der Waals surface area contributed by atoms with Crippen molar-refractivity contribution in [3.05, 3.63) is 89.9 Å². The number of Topliss-reactive ketones (excluding diaryl/α,β-unsaturated/α-hetero) is 1. The fraction of sp³-hybridized carbons (Fsp3) is 0.167. The van der Waals surface area contributed by atoms with Crippen molar-refractivity contribution in [1.29, 1.82) is 0 Å². The number of ketones is 1. The van der Waals surface area contributed by atoms with Crippen LogP contribution in [-0.4, -0.2) is 18.6 Å². The zero-order chi connectivity index (χ0) is 19.7. The van der Waals surface area contributed by atoms with Crippen LogP contribution in [0.4, 0.5) is 5.69 Å². The van der Waals surface area contributed by atoms with E-state index in [9.17, 15) is 4.79 Å². The molecule has 4 nitrogen and oxygen atoms in total. The van der Waals surface area contributed by atoms with E-state index < -0.39 is 5.41 Å². The third-order valence-electron chi connectivity index (χ3n) is 5.04. The molecule has 140 valence electrons. The second kappa shape index (κ2) is 6.97. The molecule has 0 saturated carbocycles. The predicted molar refractivity (Wildman–Crippen MR) is 110 cm³/mol. The molecule has 0 saturated heterocycles. The maximum absolute atomic E-state index is 13.1. The summed E-state index contributed by atoms with van der Waals surface area (Å²) in [7, 11) is 1.62. The number of carbonyl (C=O) groups is 1. The van der Waals surface area contributed by atoms with E-state index in [4.69, 9.17) is 14.1 Å². The summed E-state index contributed by atoms with van der Waals surface area (Å²) >= 11 is 0. The minimum atomic E-state index is -0.566. The highest BCUT2D eigenvalue weighted by atomic mass is 16.5. The van der Waals surface area contributed by atoms with Crippen molar-refractivity contribution in [3.8, 4) is 5.75 Å². The van der Waals surface area contributed by atoms with E-state index in [-0.39, 0.29) is 5.78 Å². The number of nitrogens with zero attached hydrogens (tertiary/aromatic N) is 1. The van der Waals surface area contributed by atoms with Gasteiger partial charge in [0.05, 0.1) is 30.0 Å². The molecule has 0 bridgehead atoms. The number of furan rings is 1. The molecule has 0 aliphatic heterocycles. The molecule has 1 heterocycles. The van der Waals surface area contributed by atoms with Gasteiger partial charge in [0.15, 0.2) is 11.5 Å². The molecule has 1 aliphatic rings. The average molecular weight is 371 g/mol. The van der Waals surface area contributed by atoms with Crippen molar-refractivity contribution in [2.45, 2.75) is 13.8 Å². The molecule has 0 N–H and O–H groups in total. The number of benzene rings is 2. The molecule has 1 aromatic heterocycles. The Morgan fingerprint density at radius 1 is 0.964 bits per heavy atom. The molecule has 4 rings (SSSR count). The van der Waals surface area contributed by atoms with E-state index in [2.05, 4.69) is 0 Å². The Morgan fingerprint density at radius 2 is 1.68 bits per heavy atom. The van der Waals surface area contributed by atoms with Crippen molar-refractivity contribution in [1.82, 2.24) is 0 Å². The minimum Gasteiger partial charge on any atom is -0.497 e. The fourth-order valence-electron chi connectivity index (χ4n) is 3.56. The summed E-state index contributed by atoms with van der Waals surface area (Å²) in [5.74, 6) is 1.39. The fourth-order valence-corrected chi connectivity index (χ4v) is 3.56. The first-order chi connectivity index (χ1) is 13.5. The van der Waals surface area contributed by atoms with Crippen molar-refractivity contribution in [2.24, 2.45) is 10.4 Å². The Balaban J connectivity index is 1.91. The Morgan fingerprint density at radius 3 is 2.29 bits per heavy atom. The first-order valence-electron chi connectivity index (χ1n) is 9.14. The van der Waals surface area contributed by atoms with Gasteiger partial charge in [-0.2, -0.15) is 0 Å². The van der Waals surface area contributed by atoms with Crippen molar-refractivity contribution >= 4 is 22.8 Å². The van der Waals surface area contributed by atoms with Gasteiger partial charge >= 0.3 is 0 Å². The number of aliphatic imine (C=N–C) groups is 1. The summed E-state index contributed by atoms with van der Waals surface area (Å²) in [6.07, 6.45) is 1.59. The number of rotatable bonds is 5. The lowest BCUT2D eigenvalue weighted by Gasteiger charge is -2.39. The van der Waals surface area contributed by atoms with Crippen LogP contribution < -0.4 is 4.74 Å². The van der Waals surface area contributed by atoms with Gasteiger partial charge in [0.1, 0.15) is 11.5 Å². The van der Waals surface area contributed by atoms with Gasteiger partial charge in [-0.15, -0.1) is 0 Å². The van der Waals surface area contributed by atoms with Gasteiger partial charge in [-0.05, 0) is 61.4 Å². The first-order valence-corrected chi connectivity index (χ1v) is 9.14. The molecule has 0 radical (unpaired) electrons. The highest BCUT2D eigenvalue weighted by Crippen LogP contribution is 2.50. The monoisotopic (exact) mass is 371 g/mol. The van der Waals surface area contributed by atoms with Gasteiger partial charge < -0.3 is 9.15 Å². The van der Waals surface area contributed by atoms with E-state index in [1.54, 1.807) is 19.4 Å². The average Bonchev–Trinajstić information content (AvgIpc) is 3.26. The largest absolute Gasteiger partial charge is 0.497 e. The molecule has 3 aromatic rings. The second-order valence-electron chi connectivity index (χ2n) is 7.21. The molecule has 0 unspecified atom stereocenters. The van der Waals surface area contributed by atoms with Crippen LogP contribution in [0.25, 0.3) is 5.57 Å². The summed E-state index contributed by atoms with van der Waals surface area (Å²) < 4.78 is 10.8. The molecule has 0 spiro atoms. The number of allylic oxidation sites excluding steroid dienone is 2. The van der Waals surface area contributed by atoms with Crippen LogP contribution in [0.15, 0.2) is 88.0 Å². The van der Waals surface area contributed by atoms with E-state index in [0.29, 0.717) is 17.0 Å². The van der Waals surface area contributed by atoms with Gasteiger partial charge in [-0.3, -0.25) is 4.79 Å². The number of hydrogen-bond acceptors (Lipinski definition) is 4. The lowest BCUT2D eigenvalue weighted by molar-refractivity contribution is -0.122. The second-order valence-corrected chi connectivity index (χ2v) is 7.21. The maximum atomic E-state index is 13.1. The number of carbonyl (C=O) groups excluding carboxylic acids is 1. The first kappa shape index (κ1) is 18.0. The SMILES string of the molecule is COc1ccc(N=C(C2=C(c3ccccc3)C(C)(C)C2=O)c2ccco2)cc1. The van der Waals surface area contributed by atoms with Gasteiger partial charge in [-0.1, -0.05) is 30.3 Å². The van der Waals surface area contributed by atoms with Crippen LogP contribution in [0.3, 0.4) is 0 Å². The smallest absolute Gasteiger partial charge is 0.175 e. The van der Waals surface area contributed by atoms with Crippen LogP contribution >= 0.6 is 0 Å². The lowest BCUT2D eigenvalue weighted by atomic mass is 9.61. The van der Waals surface area contributed by atoms with Gasteiger partial charge in [0.25, 0.3) is 0 Å². The highest BCUT2D eigenvalue weighted by molar-refractivity contribution is 6.41. The van der Waals surface area contributed by atoms with E-state index in [1.165, 1.54) is 0 Å². The van der Waals surface area contributed by atoms with Crippen LogP contribution in [0, 0.1) is 5.41 Å². The van der Waals surface area contributed by atoms with Crippen molar-refractivity contribution < 1.29 is 13.9 Å². The summed E-state index contributed by atoms with van der Waals surface area (Å²) in [6.45, 7) is 3.91. The number of methoxy groups -OCH3 is 1. The number of ether oxygens (including phenoxy) is 1. The van der Waals surface area contributed by atoms with Crippen LogP contribution in [0.2, 0.25) is 0 Å². The molecule has 1 aliphatic carbocycles. The number of hydrogen-bond donors (Lipinski definition) is 0. The Kier molecular flexibility index (Phi) is 4.47. The van der Waals surface area contributed by atoms with Crippen LogP contribution in [-0.2, 0) is 4.79 Å².